The lowest BCUT2D eigenvalue weighted by atomic mass is 10.0. The molecule has 0 spiro atoms. The Labute approximate surface area is 130 Å². The molecule has 1 saturated carbocycles. The van der Waals surface area contributed by atoms with E-state index in [2.05, 4.69) is 62.3 Å². The molecule has 0 aromatic heterocycles. The zero-order valence-electron chi connectivity index (χ0n) is 14.2. The maximum Gasteiger partial charge on any atom is 0.0446 e. The highest BCUT2D eigenvalue weighted by atomic mass is 15.2. The molecule has 0 saturated heterocycles. The first-order valence-electron chi connectivity index (χ1n) is 8.64. The van der Waals surface area contributed by atoms with Crippen LogP contribution in [0, 0.1) is 5.92 Å². The minimum atomic E-state index is 0.448. The van der Waals surface area contributed by atoms with E-state index in [1.165, 1.54) is 36.9 Å². The summed E-state index contributed by atoms with van der Waals surface area (Å²) in [6.07, 6.45) is 5.21. The fourth-order valence-electron chi connectivity index (χ4n) is 2.87. The molecule has 1 aromatic carbocycles. The Hall–Kier alpha value is -0.860. The van der Waals surface area contributed by atoms with Crippen molar-refractivity contribution in [2.45, 2.75) is 58.5 Å². The van der Waals surface area contributed by atoms with Gasteiger partial charge in [0.25, 0.3) is 0 Å². The fourth-order valence-corrected chi connectivity index (χ4v) is 2.87. The second kappa shape index (κ2) is 7.95. The number of likely N-dealkylation sites (N-methyl/N-ethyl adjacent to an activating group) is 1. The Morgan fingerprint density at radius 3 is 2.33 bits per heavy atom. The van der Waals surface area contributed by atoms with Crippen molar-refractivity contribution < 1.29 is 0 Å². The molecule has 2 heteroatoms. The van der Waals surface area contributed by atoms with Gasteiger partial charge in [-0.05, 0) is 56.3 Å². The molecule has 1 aliphatic carbocycles. The molecule has 1 aliphatic rings. The number of hydrogen-bond acceptors (Lipinski definition) is 2. The summed E-state index contributed by atoms with van der Waals surface area (Å²) in [5, 5.41) is 3.51. The molecular formula is C19H32N2. The van der Waals surface area contributed by atoms with Crippen LogP contribution in [0.3, 0.4) is 0 Å². The highest BCUT2D eigenvalue weighted by Crippen LogP contribution is 2.29. The summed E-state index contributed by atoms with van der Waals surface area (Å²) < 4.78 is 0. The lowest BCUT2D eigenvalue weighted by molar-refractivity contribution is 0.224. The second-order valence-electron chi connectivity index (χ2n) is 6.85. The normalized spacial score (nSPS) is 16.7. The van der Waals surface area contributed by atoms with Crippen LogP contribution >= 0.6 is 0 Å². The van der Waals surface area contributed by atoms with E-state index in [1.807, 2.05) is 0 Å². The highest BCUT2D eigenvalue weighted by molar-refractivity contribution is 5.25. The smallest absolute Gasteiger partial charge is 0.0446 e. The predicted octanol–water partition coefficient (Wildman–Crippen LogP) is 4.02. The molecule has 1 aromatic rings. The van der Waals surface area contributed by atoms with Gasteiger partial charge in [0.1, 0.15) is 0 Å². The first-order valence-corrected chi connectivity index (χ1v) is 8.64. The summed E-state index contributed by atoms with van der Waals surface area (Å²) in [5.74, 6) is 0.795. The van der Waals surface area contributed by atoms with E-state index in [0.29, 0.717) is 6.04 Å². The van der Waals surface area contributed by atoms with Crippen molar-refractivity contribution in [1.82, 2.24) is 10.2 Å². The zero-order valence-corrected chi connectivity index (χ0v) is 14.2. The van der Waals surface area contributed by atoms with Gasteiger partial charge in [-0.25, -0.2) is 0 Å². The van der Waals surface area contributed by atoms with Crippen molar-refractivity contribution in [2.24, 2.45) is 5.92 Å². The van der Waals surface area contributed by atoms with Gasteiger partial charge in [0, 0.05) is 18.6 Å². The standard InChI is InChI=1S/C19H32N2/c1-5-16-6-8-17(9-7-16)19(20-4)14-21(18-10-11-18)13-12-15(2)3/h6-9,15,18-20H,5,10-14H2,1-4H3. The minimum Gasteiger partial charge on any atom is -0.312 e. The van der Waals surface area contributed by atoms with Crippen LogP contribution in [0.4, 0.5) is 0 Å². The Morgan fingerprint density at radius 1 is 1.19 bits per heavy atom. The van der Waals surface area contributed by atoms with E-state index in [0.717, 1.165) is 24.9 Å². The van der Waals surface area contributed by atoms with Gasteiger partial charge >= 0.3 is 0 Å². The molecule has 0 radical (unpaired) electrons. The van der Waals surface area contributed by atoms with E-state index in [-0.39, 0.29) is 0 Å². The van der Waals surface area contributed by atoms with Crippen LogP contribution < -0.4 is 5.32 Å². The van der Waals surface area contributed by atoms with Crippen molar-refractivity contribution in [3.8, 4) is 0 Å². The molecule has 1 atom stereocenters. The number of nitrogens with one attached hydrogen (secondary N) is 1. The SMILES string of the molecule is CCc1ccc(C(CN(CCC(C)C)C2CC2)NC)cc1. The van der Waals surface area contributed by atoms with Gasteiger partial charge in [0.15, 0.2) is 0 Å². The average molecular weight is 288 g/mol. The predicted molar refractivity (Wildman–Crippen MR) is 91.7 cm³/mol. The first-order chi connectivity index (χ1) is 10.1. The molecule has 2 nitrogen and oxygen atoms in total. The van der Waals surface area contributed by atoms with Crippen LogP contribution in [0.25, 0.3) is 0 Å². The summed E-state index contributed by atoms with van der Waals surface area (Å²) in [4.78, 5) is 2.70. The van der Waals surface area contributed by atoms with Gasteiger partial charge < -0.3 is 5.32 Å². The maximum atomic E-state index is 3.51. The molecule has 0 amide bonds. The maximum absolute atomic E-state index is 3.51. The molecule has 2 rings (SSSR count). The van der Waals surface area contributed by atoms with Crippen molar-refractivity contribution in [2.75, 3.05) is 20.1 Å². The summed E-state index contributed by atoms with van der Waals surface area (Å²) in [6.45, 7) is 9.24. The third kappa shape index (κ3) is 5.12. The molecule has 0 bridgehead atoms. The highest BCUT2D eigenvalue weighted by Gasteiger charge is 2.30. The van der Waals surface area contributed by atoms with Gasteiger partial charge in [-0.15, -0.1) is 0 Å². The van der Waals surface area contributed by atoms with Gasteiger partial charge in [-0.3, -0.25) is 4.90 Å². The third-order valence-electron chi connectivity index (χ3n) is 4.61. The summed E-state index contributed by atoms with van der Waals surface area (Å²) >= 11 is 0. The Balaban J connectivity index is 1.97. The van der Waals surface area contributed by atoms with Gasteiger partial charge in [-0.1, -0.05) is 45.0 Å². The molecule has 0 heterocycles. The van der Waals surface area contributed by atoms with E-state index >= 15 is 0 Å². The van der Waals surface area contributed by atoms with Gasteiger partial charge in [-0.2, -0.15) is 0 Å². The van der Waals surface area contributed by atoms with Crippen LogP contribution in [0.1, 0.15) is 57.2 Å². The molecule has 0 aliphatic heterocycles. The van der Waals surface area contributed by atoms with Crippen molar-refractivity contribution in [3.05, 3.63) is 35.4 Å². The van der Waals surface area contributed by atoms with Crippen molar-refractivity contribution in [3.63, 3.8) is 0 Å². The number of nitrogens with zero attached hydrogens (tertiary/aromatic N) is 1. The third-order valence-corrected chi connectivity index (χ3v) is 4.61. The van der Waals surface area contributed by atoms with Gasteiger partial charge in [0.05, 0.1) is 0 Å². The number of aryl methyl sites for hydroxylation is 1. The lowest BCUT2D eigenvalue weighted by Crippen LogP contribution is -2.36. The Morgan fingerprint density at radius 2 is 1.86 bits per heavy atom. The van der Waals surface area contributed by atoms with Crippen LogP contribution in [0.2, 0.25) is 0 Å². The van der Waals surface area contributed by atoms with Crippen LogP contribution in [0.5, 0.6) is 0 Å². The zero-order chi connectivity index (χ0) is 15.2. The largest absolute Gasteiger partial charge is 0.312 e. The van der Waals surface area contributed by atoms with Crippen LogP contribution in [-0.4, -0.2) is 31.1 Å². The van der Waals surface area contributed by atoms with Gasteiger partial charge in [0.2, 0.25) is 0 Å². The minimum absolute atomic E-state index is 0.448. The van der Waals surface area contributed by atoms with Crippen LogP contribution in [-0.2, 0) is 6.42 Å². The van der Waals surface area contributed by atoms with Crippen molar-refractivity contribution in [1.29, 1.82) is 0 Å². The topological polar surface area (TPSA) is 15.3 Å². The number of rotatable bonds is 9. The fraction of sp³-hybridized carbons (Fsp3) is 0.684. The number of benzene rings is 1. The molecule has 21 heavy (non-hydrogen) atoms. The average Bonchev–Trinajstić information content (AvgIpc) is 3.32. The lowest BCUT2D eigenvalue weighted by Gasteiger charge is -2.28. The summed E-state index contributed by atoms with van der Waals surface area (Å²) in [7, 11) is 2.09. The molecule has 1 unspecified atom stereocenters. The first kappa shape index (κ1) is 16.5. The molecule has 1 N–H and O–H groups in total. The molecular weight excluding hydrogens is 256 g/mol. The number of hydrogen-bond donors (Lipinski definition) is 1. The summed E-state index contributed by atoms with van der Waals surface area (Å²) in [6, 6.07) is 10.4. The Kier molecular flexibility index (Phi) is 6.25. The van der Waals surface area contributed by atoms with E-state index in [4.69, 9.17) is 0 Å². The molecule has 118 valence electrons. The van der Waals surface area contributed by atoms with E-state index in [1.54, 1.807) is 0 Å². The van der Waals surface area contributed by atoms with Crippen LogP contribution in [0.15, 0.2) is 24.3 Å². The Bertz CT molecular complexity index is 406. The summed E-state index contributed by atoms with van der Waals surface area (Å²) in [5.41, 5.74) is 2.84. The quantitative estimate of drug-likeness (QED) is 0.738. The van der Waals surface area contributed by atoms with E-state index < -0.39 is 0 Å². The monoisotopic (exact) mass is 288 g/mol. The molecule has 1 fully saturated rings. The van der Waals surface area contributed by atoms with E-state index in [9.17, 15) is 0 Å². The van der Waals surface area contributed by atoms with Crippen molar-refractivity contribution >= 4 is 0 Å². The second-order valence-corrected chi connectivity index (χ2v) is 6.85.